The van der Waals surface area contributed by atoms with Gasteiger partial charge in [0.15, 0.2) is 0 Å². The molecule has 2 amide bonds. The molecule has 5 N–H and O–H groups in total. The predicted octanol–water partition coefficient (Wildman–Crippen LogP) is 2.65. The molecule has 1 atom stereocenters. The number of benzene rings is 1. The minimum Gasteiger partial charge on any atom is -0.398 e. The number of ether oxygens (including phenoxy) is 1. The number of fused-ring (bicyclic) bond motifs is 1. The average molecular weight is 517 g/mol. The van der Waals surface area contributed by atoms with Gasteiger partial charge >= 0.3 is 6.18 Å². The lowest BCUT2D eigenvalue weighted by molar-refractivity contribution is -0.142. The molecule has 37 heavy (non-hydrogen) atoms. The third-order valence-electron chi connectivity index (χ3n) is 6.27. The van der Waals surface area contributed by atoms with E-state index >= 15 is 0 Å². The Labute approximate surface area is 211 Å². The van der Waals surface area contributed by atoms with Crippen LogP contribution in [0.1, 0.15) is 34.1 Å². The lowest BCUT2D eigenvalue weighted by Crippen LogP contribution is -2.59. The molecular formula is C25H27F3N6O3. The maximum atomic E-state index is 13.0. The molecule has 3 heterocycles. The van der Waals surface area contributed by atoms with Crippen LogP contribution in [0.3, 0.4) is 0 Å². The molecule has 2 aliphatic heterocycles. The first-order valence-electron chi connectivity index (χ1n) is 11.6. The molecule has 1 unspecified atom stereocenters. The number of carbonyl (C=O) groups is 2. The van der Waals surface area contributed by atoms with Crippen LogP contribution in [0.2, 0.25) is 0 Å². The molecule has 12 heteroatoms. The zero-order chi connectivity index (χ0) is 26.9. The molecule has 0 bridgehead atoms. The Bertz CT molecular complexity index is 1290. The van der Waals surface area contributed by atoms with E-state index in [9.17, 15) is 22.8 Å². The Morgan fingerprint density at radius 1 is 1.30 bits per heavy atom. The molecule has 1 aromatic carbocycles. The molecular weight excluding hydrogens is 489 g/mol. The van der Waals surface area contributed by atoms with Crippen molar-refractivity contribution in [1.29, 1.82) is 0 Å². The van der Waals surface area contributed by atoms with Crippen molar-refractivity contribution in [1.82, 2.24) is 14.8 Å². The third kappa shape index (κ3) is 5.24. The van der Waals surface area contributed by atoms with Crippen molar-refractivity contribution < 1.29 is 27.5 Å². The molecule has 2 aromatic rings. The fourth-order valence-electron chi connectivity index (χ4n) is 4.33. The van der Waals surface area contributed by atoms with E-state index in [2.05, 4.69) is 10.3 Å². The summed E-state index contributed by atoms with van der Waals surface area (Å²) >= 11 is 0. The van der Waals surface area contributed by atoms with Crippen molar-refractivity contribution in [2.45, 2.75) is 26.1 Å². The van der Waals surface area contributed by atoms with Gasteiger partial charge in [-0.2, -0.15) is 13.2 Å². The topological polar surface area (TPSA) is 127 Å². The molecule has 1 saturated heterocycles. The van der Waals surface area contributed by atoms with Crippen LogP contribution >= 0.6 is 0 Å². The maximum absolute atomic E-state index is 13.0. The SMILES string of the molecule is CCN1C(=O)C2COCCN2C(/C=C(\N)c2cc(NC(=O)c3ccnc(C(F)(F)F)c3)ccc2C)=C1N. The summed E-state index contributed by atoms with van der Waals surface area (Å²) < 4.78 is 44.4. The summed E-state index contributed by atoms with van der Waals surface area (Å²) in [5, 5.41) is 2.61. The zero-order valence-corrected chi connectivity index (χ0v) is 20.3. The molecule has 1 fully saturated rings. The lowest BCUT2D eigenvalue weighted by atomic mass is 10.0. The van der Waals surface area contributed by atoms with Gasteiger partial charge < -0.3 is 26.4 Å². The number of nitrogens with zero attached hydrogens (tertiary/aromatic N) is 3. The van der Waals surface area contributed by atoms with Gasteiger partial charge in [-0.05, 0) is 49.8 Å². The maximum Gasteiger partial charge on any atom is 0.433 e. The van der Waals surface area contributed by atoms with E-state index in [-0.39, 0.29) is 23.9 Å². The summed E-state index contributed by atoms with van der Waals surface area (Å²) in [5.74, 6) is -0.576. The second-order valence-corrected chi connectivity index (χ2v) is 8.65. The minimum absolute atomic E-state index is 0.138. The first-order chi connectivity index (χ1) is 17.5. The van der Waals surface area contributed by atoms with Crippen LogP contribution in [0.25, 0.3) is 5.70 Å². The van der Waals surface area contributed by atoms with Crippen molar-refractivity contribution in [3.8, 4) is 0 Å². The fourth-order valence-corrected chi connectivity index (χ4v) is 4.33. The average Bonchev–Trinajstić information content (AvgIpc) is 2.87. The van der Waals surface area contributed by atoms with Crippen LogP contribution in [0, 0.1) is 6.92 Å². The van der Waals surface area contributed by atoms with E-state index in [4.69, 9.17) is 16.2 Å². The molecule has 9 nitrogen and oxygen atoms in total. The highest BCUT2D eigenvalue weighted by Gasteiger charge is 2.39. The first-order valence-corrected chi connectivity index (χ1v) is 11.6. The number of pyridine rings is 1. The van der Waals surface area contributed by atoms with Gasteiger partial charge in [0.1, 0.15) is 17.6 Å². The number of likely N-dealkylation sites (N-methyl/N-ethyl adjacent to an activating group) is 1. The summed E-state index contributed by atoms with van der Waals surface area (Å²) in [6.45, 7) is 5.19. The van der Waals surface area contributed by atoms with Crippen molar-refractivity contribution in [2.24, 2.45) is 11.5 Å². The van der Waals surface area contributed by atoms with Crippen LogP contribution < -0.4 is 16.8 Å². The van der Waals surface area contributed by atoms with Gasteiger partial charge in [-0.1, -0.05) is 6.07 Å². The Kier molecular flexibility index (Phi) is 7.12. The smallest absolute Gasteiger partial charge is 0.398 e. The van der Waals surface area contributed by atoms with Gasteiger partial charge in [-0.15, -0.1) is 0 Å². The number of halogens is 3. The predicted molar refractivity (Wildman–Crippen MR) is 130 cm³/mol. The Morgan fingerprint density at radius 3 is 2.76 bits per heavy atom. The van der Waals surface area contributed by atoms with Crippen molar-refractivity contribution >= 4 is 23.2 Å². The number of aryl methyl sites for hydroxylation is 1. The van der Waals surface area contributed by atoms with Crippen molar-refractivity contribution in [3.63, 3.8) is 0 Å². The number of hydrogen-bond donors (Lipinski definition) is 3. The number of allylic oxidation sites excluding steroid dienone is 1. The number of carbonyl (C=O) groups excluding carboxylic acids is 2. The number of amides is 2. The lowest BCUT2D eigenvalue weighted by Gasteiger charge is -2.44. The Morgan fingerprint density at radius 2 is 2.05 bits per heavy atom. The highest BCUT2D eigenvalue weighted by atomic mass is 19.4. The van der Waals surface area contributed by atoms with Gasteiger partial charge in [0, 0.05) is 41.8 Å². The quantitative estimate of drug-likeness (QED) is 0.558. The molecule has 0 radical (unpaired) electrons. The van der Waals surface area contributed by atoms with Crippen LogP contribution in [0.4, 0.5) is 18.9 Å². The molecule has 4 rings (SSSR count). The first kappa shape index (κ1) is 26.0. The number of nitrogens with two attached hydrogens (primary N) is 2. The number of aromatic nitrogens is 1. The highest BCUT2D eigenvalue weighted by Crippen LogP contribution is 2.30. The molecule has 2 aliphatic rings. The normalized spacial score (nSPS) is 18.7. The summed E-state index contributed by atoms with van der Waals surface area (Å²) in [4.78, 5) is 32.1. The summed E-state index contributed by atoms with van der Waals surface area (Å²) in [5.41, 5.74) is 14.2. The number of nitrogens with one attached hydrogen (secondary N) is 1. The molecule has 196 valence electrons. The van der Waals surface area contributed by atoms with Gasteiger partial charge in [0.05, 0.1) is 18.9 Å². The summed E-state index contributed by atoms with van der Waals surface area (Å²) in [6, 6.07) is 6.37. The summed E-state index contributed by atoms with van der Waals surface area (Å²) in [7, 11) is 0. The largest absolute Gasteiger partial charge is 0.433 e. The molecule has 1 aromatic heterocycles. The van der Waals surface area contributed by atoms with Gasteiger partial charge in [0.25, 0.3) is 11.8 Å². The van der Waals surface area contributed by atoms with Gasteiger partial charge in [-0.25, -0.2) is 0 Å². The van der Waals surface area contributed by atoms with E-state index in [1.807, 2.05) is 18.7 Å². The number of rotatable bonds is 5. The standard InChI is InChI=1S/C25H27F3N6O3/c1-3-33-22(30)19(34-8-9-37-13-20(34)24(33)36)12-18(29)17-11-16(5-4-14(17)2)32-23(35)15-6-7-31-21(10-15)25(26,27)28/h4-7,10-12,20H,3,8-9,13,29-30H2,1-2H3,(H,32,35)/b18-12-. The van der Waals surface area contributed by atoms with Gasteiger partial charge in [0.2, 0.25) is 0 Å². The molecule has 0 aliphatic carbocycles. The van der Waals surface area contributed by atoms with E-state index in [0.29, 0.717) is 48.4 Å². The van der Waals surface area contributed by atoms with Crippen LogP contribution in [-0.2, 0) is 15.7 Å². The van der Waals surface area contributed by atoms with E-state index < -0.39 is 23.8 Å². The monoisotopic (exact) mass is 516 g/mol. The van der Waals surface area contributed by atoms with Gasteiger partial charge in [-0.3, -0.25) is 19.5 Å². The molecule has 0 saturated carbocycles. The van der Waals surface area contributed by atoms with Crippen LogP contribution in [-0.4, -0.2) is 58.9 Å². The Balaban J connectivity index is 1.64. The highest BCUT2D eigenvalue weighted by molar-refractivity contribution is 6.04. The number of anilines is 1. The molecule has 0 spiro atoms. The number of alkyl halides is 3. The number of morpholine rings is 1. The third-order valence-corrected chi connectivity index (χ3v) is 6.27. The Hall–Kier alpha value is -4.06. The number of hydrogen-bond acceptors (Lipinski definition) is 7. The van der Waals surface area contributed by atoms with Crippen molar-refractivity contribution in [2.75, 3.05) is 31.6 Å². The van der Waals surface area contributed by atoms with Crippen LogP contribution in [0.5, 0.6) is 0 Å². The minimum atomic E-state index is -4.67. The van der Waals surface area contributed by atoms with E-state index in [0.717, 1.165) is 11.8 Å². The van der Waals surface area contributed by atoms with E-state index in [1.54, 1.807) is 24.3 Å². The fraction of sp³-hybridized carbons (Fsp3) is 0.320. The zero-order valence-electron chi connectivity index (χ0n) is 20.3. The summed E-state index contributed by atoms with van der Waals surface area (Å²) in [6.07, 6.45) is -2.04. The van der Waals surface area contributed by atoms with E-state index in [1.165, 1.54) is 11.0 Å². The second kappa shape index (κ2) is 10.1. The van der Waals surface area contributed by atoms with Crippen LogP contribution in [0.15, 0.2) is 54.1 Å². The van der Waals surface area contributed by atoms with Crippen molar-refractivity contribution in [3.05, 3.63) is 76.5 Å². The second-order valence-electron chi connectivity index (χ2n) is 8.65.